The molecule has 0 N–H and O–H groups in total. The van der Waals surface area contributed by atoms with Gasteiger partial charge in [0.15, 0.2) is 6.10 Å². The molecule has 6 heteroatoms. The Kier molecular flexibility index (Phi) is 6.12. The van der Waals surface area contributed by atoms with Gasteiger partial charge in [-0.1, -0.05) is 29.3 Å². The van der Waals surface area contributed by atoms with Gasteiger partial charge in [0.2, 0.25) is 0 Å². The predicted octanol–water partition coefficient (Wildman–Crippen LogP) is 3.03. The molecule has 19 heavy (non-hydrogen) atoms. The number of benzene rings is 1. The van der Waals surface area contributed by atoms with Gasteiger partial charge < -0.3 is 9.47 Å². The summed E-state index contributed by atoms with van der Waals surface area (Å²) in [6, 6.07) is 4.81. The molecule has 1 aromatic rings. The molecule has 0 amide bonds. The van der Waals surface area contributed by atoms with Gasteiger partial charge in [0.25, 0.3) is 0 Å². The maximum absolute atomic E-state index is 11.6. The fourth-order valence-corrected chi connectivity index (χ4v) is 1.84. The molecule has 1 unspecified atom stereocenters. The molecule has 0 aliphatic carbocycles. The summed E-state index contributed by atoms with van der Waals surface area (Å²) in [6.45, 7) is 3.38. The van der Waals surface area contributed by atoms with E-state index in [1.165, 1.54) is 6.92 Å². The van der Waals surface area contributed by atoms with E-state index in [1.54, 1.807) is 25.1 Å². The first-order valence-electron chi connectivity index (χ1n) is 5.74. The zero-order valence-electron chi connectivity index (χ0n) is 10.6. The lowest BCUT2D eigenvalue weighted by molar-refractivity contribution is -0.165. The molecule has 0 aromatic heterocycles. The van der Waals surface area contributed by atoms with Gasteiger partial charge in [-0.05, 0) is 31.5 Å². The second-order valence-corrected chi connectivity index (χ2v) is 4.64. The monoisotopic (exact) mass is 304 g/mol. The third-order valence-electron chi connectivity index (χ3n) is 2.28. The number of halogens is 2. The van der Waals surface area contributed by atoms with Crippen LogP contribution in [0.25, 0.3) is 0 Å². The third-order valence-corrected chi connectivity index (χ3v) is 2.86. The maximum Gasteiger partial charge on any atom is 0.347 e. The lowest BCUT2D eigenvalue weighted by atomic mass is 10.1. The number of carbonyl (C=O) groups is 2. The van der Waals surface area contributed by atoms with E-state index in [4.69, 9.17) is 32.7 Å². The summed E-state index contributed by atoms with van der Waals surface area (Å²) >= 11 is 11.7. The normalized spacial score (nSPS) is 11.8. The fourth-order valence-electron chi connectivity index (χ4n) is 1.37. The quantitative estimate of drug-likeness (QED) is 0.785. The zero-order chi connectivity index (χ0) is 14.4. The van der Waals surface area contributed by atoms with Crippen molar-refractivity contribution in [2.45, 2.75) is 26.4 Å². The molecule has 4 nitrogen and oxygen atoms in total. The van der Waals surface area contributed by atoms with Crippen LogP contribution in [-0.4, -0.2) is 24.6 Å². The van der Waals surface area contributed by atoms with Gasteiger partial charge in [0.05, 0.1) is 13.0 Å². The molecule has 104 valence electrons. The van der Waals surface area contributed by atoms with Crippen molar-refractivity contribution in [1.29, 1.82) is 0 Å². The number of rotatable bonds is 5. The number of esters is 2. The molecule has 1 aromatic carbocycles. The zero-order valence-corrected chi connectivity index (χ0v) is 12.1. The first-order chi connectivity index (χ1) is 8.93. The van der Waals surface area contributed by atoms with Crippen molar-refractivity contribution in [2.75, 3.05) is 6.61 Å². The van der Waals surface area contributed by atoms with Gasteiger partial charge in [0, 0.05) is 10.0 Å². The van der Waals surface area contributed by atoms with Gasteiger partial charge in [-0.2, -0.15) is 0 Å². The summed E-state index contributed by atoms with van der Waals surface area (Å²) in [5.74, 6) is -1.12. The van der Waals surface area contributed by atoms with Crippen molar-refractivity contribution in [3.8, 4) is 0 Å². The Morgan fingerprint density at radius 2 is 2.00 bits per heavy atom. The fraction of sp³-hybridized carbons (Fsp3) is 0.385. The van der Waals surface area contributed by atoms with Gasteiger partial charge in [-0.3, -0.25) is 4.79 Å². The van der Waals surface area contributed by atoms with Crippen LogP contribution in [0, 0.1) is 0 Å². The molecular formula is C13H14Cl2O4. The summed E-state index contributed by atoms with van der Waals surface area (Å²) < 4.78 is 9.68. The van der Waals surface area contributed by atoms with Crippen molar-refractivity contribution in [3.05, 3.63) is 33.8 Å². The van der Waals surface area contributed by atoms with Crippen molar-refractivity contribution < 1.29 is 19.1 Å². The highest BCUT2D eigenvalue weighted by atomic mass is 35.5. The Morgan fingerprint density at radius 1 is 1.32 bits per heavy atom. The van der Waals surface area contributed by atoms with Crippen LogP contribution in [0.4, 0.5) is 0 Å². The third kappa shape index (κ3) is 5.09. The van der Waals surface area contributed by atoms with Gasteiger partial charge in [-0.15, -0.1) is 0 Å². The van der Waals surface area contributed by atoms with Gasteiger partial charge in [0.1, 0.15) is 0 Å². The molecule has 0 fully saturated rings. The molecule has 0 saturated carbocycles. The maximum atomic E-state index is 11.6. The van der Waals surface area contributed by atoms with E-state index in [9.17, 15) is 9.59 Å². The van der Waals surface area contributed by atoms with Gasteiger partial charge in [-0.25, -0.2) is 4.79 Å². The van der Waals surface area contributed by atoms with Crippen LogP contribution in [0.2, 0.25) is 10.0 Å². The Hall–Kier alpha value is -1.26. The highest BCUT2D eigenvalue weighted by Gasteiger charge is 2.19. The van der Waals surface area contributed by atoms with Crippen LogP contribution in [-0.2, 0) is 25.5 Å². The lowest BCUT2D eigenvalue weighted by Gasteiger charge is -2.12. The summed E-state index contributed by atoms with van der Waals surface area (Å²) in [5, 5.41) is 0.871. The van der Waals surface area contributed by atoms with E-state index >= 15 is 0 Å². The number of hydrogen-bond acceptors (Lipinski definition) is 4. The minimum Gasteiger partial charge on any atom is -0.463 e. The second-order valence-electron chi connectivity index (χ2n) is 3.80. The Labute approximate surface area is 121 Å². The van der Waals surface area contributed by atoms with E-state index in [0.29, 0.717) is 15.6 Å². The topological polar surface area (TPSA) is 52.6 Å². The van der Waals surface area contributed by atoms with Gasteiger partial charge >= 0.3 is 11.9 Å². The van der Waals surface area contributed by atoms with E-state index in [1.807, 2.05) is 0 Å². The van der Waals surface area contributed by atoms with Crippen molar-refractivity contribution in [3.63, 3.8) is 0 Å². The largest absolute Gasteiger partial charge is 0.463 e. The van der Waals surface area contributed by atoms with Crippen molar-refractivity contribution >= 4 is 35.1 Å². The molecule has 1 rings (SSSR count). The number of hydrogen-bond donors (Lipinski definition) is 0. The molecule has 0 spiro atoms. The molecule has 0 saturated heterocycles. The molecule has 0 aliphatic rings. The van der Waals surface area contributed by atoms with E-state index in [-0.39, 0.29) is 13.0 Å². The SMILES string of the molecule is CCOC(=O)C(C)OC(=O)Cc1ccc(Cl)cc1Cl. The summed E-state index contributed by atoms with van der Waals surface area (Å²) in [4.78, 5) is 22.9. The minimum atomic E-state index is -0.932. The van der Waals surface area contributed by atoms with Crippen LogP contribution < -0.4 is 0 Å². The minimum absolute atomic E-state index is 0.0280. The summed E-state index contributed by atoms with van der Waals surface area (Å²) in [6.07, 6.45) is -0.960. The van der Waals surface area contributed by atoms with Crippen LogP contribution >= 0.6 is 23.2 Å². The Bertz CT molecular complexity index is 474. The van der Waals surface area contributed by atoms with E-state index < -0.39 is 18.0 Å². The number of ether oxygens (including phenoxy) is 2. The average Bonchev–Trinajstić information content (AvgIpc) is 2.33. The van der Waals surface area contributed by atoms with E-state index in [2.05, 4.69) is 0 Å². The van der Waals surface area contributed by atoms with Crippen molar-refractivity contribution in [2.24, 2.45) is 0 Å². The molecule has 0 bridgehead atoms. The molecule has 0 heterocycles. The predicted molar refractivity (Wildman–Crippen MR) is 72.4 cm³/mol. The highest BCUT2D eigenvalue weighted by molar-refractivity contribution is 6.35. The van der Waals surface area contributed by atoms with Crippen LogP contribution in [0.5, 0.6) is 0 Å². The Balaban J connectivity index is 2.58. The second kappa shape index (κ2) is 7.36. The first kappa shape index (κ1) is 15.8. The standard InChI is InChI=1S/C13H14Cl2O4/c1-3-18-13(17)8(2)19-12(16)6-9-4-5-10(14)7-11(9)15/h4-5,7-8H,3,6H2,1-2H3. The van der Waals surface area contributed by atoms with Crippen LogP contribution in [0.3, 0.4) is 0 Å². The van der Waals surface area contributed by atoms with Crippen LogP contribution in [0.1, 0.15) is 19.4 Å². The Morgan fingerprint density at radius 3 is 2.58 bits per heavy atom. The molecular weight excluding hydrogens is 291 g/mol. The van der Waals surface area contributed by atoms with Crippen LogP contribution in [0.15, 0.2) is 18.2 Å². The number of carbonyl (C=O) groups excluding carboxylic acids is 2. The lowest BCUT2D eigenvalue weighted by Crippen LogP contribution is -2.27. The summed E-state index contributed by atoms with van der Waals surface area (Å²) in [7, 11) is 0. The smallest absolute Gasteiger partial charge is 0.347 e. The molecule has 0 aliphatic heterocycles. The van der Waals surface area contributed by atoms with Crippen molar-refractivity contribution in [1.82, 2.24) is 0 Å². The average molecular weight is 305 g/mol. The highest BCUT2D eigenvalue weighted by Crippen LogP contribution is 2.21. The van der Waals surface area contributed by atoms with E-state index in [0.717, 1.165) is 0 Å². The molecule has 1 atom stereocenters. The molecule has 0 radical (unpaired) electrons. The summed E-state index contributed by atoms with van der Waals surface area (Å²) in [5.41, 5.74) is 0.590. The first-order valence-corrected chi connectivity index (χ1v) is 6.49.